The Morgan fingerprint density at radius 1 is 1.17 bits per heavy atom. The molecule has 0 aliphatic rings. The number of carbonyl (C=O) groups is 1. The molecule has 0 saturated heterocycles. The number of carboxylic acid groups (broad SMARTS) is 1. The highest BCUT2D eigenvalue weighted by molar-refractivity contribution is 7.89. The van der Waals surface area contributed by atoms with E-state index in [0.717, 1.165) is 6.07 Å². The normalized spacial score (nSPS) is 14.2. The van der Waals surface area contributed by atoms with E-state index in [4.69, 9.17) is 9.47 Å². The predicted octanol–water partition coefficient (Wildman–Crippen LogP) is 1.14. The summed E-state index contributed by atoms with van der Waals surface area (Å²) in [4.78, 5) is 11.3. The topological polar surface area (TPSA) is 114 Å². The van der Waals surface area contributed by atoms with Crippen LogP contribution >= 0.6 is 0 Å². The minimum Gasteiger partial charge on any atom is -0.478 e. The highest BCUT2D eigenvalue weighted by atomic mass is 32.2. The fraction of sp³-hybridized carbons (Fsp3) is 0.533. The van der Waals surface area contributed by atoms with E-state index < -0.39 is 22.0 Å². The SMILES string of the molecule is COCC(C)Nc1ccc(S(=O)(=O)NC(C)COC)cc1C(=O)O. The zero-order valence-corrected chi connectivity index (χ0v) is 15.0. The lowest BCUT2D eigenvalue weighted by Gasteiger charge is -2.18. The summed E-state index contributed by atoms with van der Waals surface area (Å²) in [5, 5.41) is 12.3. The van der Waals surface area contributed by atoms with E-state index in [9.17, 15) is 18.3 Å². The van der Waals surface area contributed by atoms with Crippen LogP contribution in [0.4, 0.5) is 5.69 Å². The first kappa shape index (κ1) is 20.4. The van der Waals surface area contributed by atoms with E-state index in [1.165, 1.54) is 19.2 Å². The Morgan fingerprint density at radius 2 is 1.75 bits per heavy atom. The summed E-state index contributed by atoms with van der Waals surface area (Å²) < 4.78 is 37.0. The Bertz CT molecular complexity index is 662. The Morgan fingerprint density at radius 3 is 2.29 bits per heavy atom. The van der Waals surface area contributed by atoms with E-state index >= 15 is 0 Å². The maximum Gasteiger partial charge on any atom is 0.337 e. The zero-order chi connectivity index (χ0) is 18.3. The van der Waals surface area contributed by atoms with Crippen molar-refractivity contribution < 1.29 is 27.8 Å². The molecule has 0 spiro atoms. The fourth-order valence-corrected chi connectivity index (χ4v) is 3.42. The van der Waals surface area contributed by atoms with Gasteiger partial charge in [-0.25, -0.2) is 17.9 Å². The molecule has 1 aromatic rings. The number of hydrogen-bond donors (Lipinski definition) is 3. The van der Waals surface area contributed by atoms with Gasteiger partial charge in [0.25, 0.3) is 0 Å². The average Bonchev–Trinajstić information content (AvgIpc) is 2.47. The van der Waals surface area contributed by atoms with Crippen LogP contribution in [-0.4, -0.2) is 59.0 Å². The van der Waals surface area contributed by atoms with Crippen LogP contribution < -0.4 is 10.0 Å². The van der Waals surface area contributed by atoms with Crippen LogP contribution in [0, 0.1) is 0 Å². The summed E-state index contributed by atoms with van der Waals surface area (Å²) in [6, 6.07) is 3.36. The van der Waals surface area contributed by atoms with Gasteiger partial charge in [0.2, 0.25) is 10.0 Å². The van der Waals surface area contributed by atoms with Gasteiger partial charge in [-0.15, -0.1) is 0 Å². The van der Waals surface area contributed by atoms with Crippen molar-refractivity contribution in [3.05, 3.63) is 23.8 Å². The zero-order valence-electron chi connectivity index (χ0n) is 14.2. The largest absolute Gasteiger partial charge is 0.478 e. The third-order valence-corrected chi connectivity index (χ3v) is 4.71. The van der Waals surface area contributed by atoms with E-state index in [2.05, 4.69) is 10.0 Å². The second kappa shape index (κ2) is 8.97. The van der Waals surface area contributed by atoms with Gasteiger partial charge in [0.15, 0.2) is 0 Å². The number of hydrogen-bond acceptors (Lipinski definition) is 6. The Hall–Kier alpha value is -1.68. The highest BCUT2D eigenvalue weighted by Crippen LogP contribution is 2.22. The molecule has 9 heteroatoms. The number of benzene rings is 1. The number of anilines is 1. The van der Waals surface area contributed by atoms with Crippen molar-refractivity contribution in [2.45, 2.75) is 30.8 Å². The van der Waals surface area contributed by atoms with Gasteiger partial charge in [0.05, 0.1) is 23.7 Å². The number of methoxy groups -OCH3 is 2. The molecule has 2 atom stereocenters. The molecule has 0 fully saturated rings. The van der Waals surface area contributed by atoms with Crippen LogP contribution in [-0.2, 0) is 19.5 Å². The summed E-state index contributed by atoms with van der Waals surface area (Å²) in [6.07, 6.45) is 0. The second-order valence-corrected chi connectivity index (χ2v) is 7.20. The molecule has 0 saturated carbocycles. The first-order chi connectivity index (χ1) is 11.2. The summed E-state index contributed by atoms with van der Waals surface area (Å²) in [5.74, 6) is -1.22. The van der Waals surface area contributed by atoms with E-state index in [1.807, 2.05) is 6.92 Å². The smallest absolute Gasteiger partial charge is 0.337 e. The van der Waals surface area contributed by atoms with Crippen molar-refractivity contribution in [3.63, 3.8) is 0 Å². The second-order valence-electron chi connectivity index (χ2n) is 5.49. The number of rotatable bonds is 10. The molecule has 24 heavy (non-hydrogen) atoms. The maximum atomic E-state index is 12.3. The van der Waals surface area contributed by atoms with Gasteiger partial charge in [-0.2, -0.15) is 0 Å². The van der Waals surface area contributed by atoms with Crippen molar-refractivity contribution in [1.82, 2.24) is 4.72 Å². The molecule has 0 aromatic heterocycles. The third kappa shape index (κ3) is 5.75. The van der Waals surface area contributed by atoms with Crippen molar-refractivity contribution in [2.75, 3.05) is 32.8 Å². The molecule has 0 heterocycles. The van der Waals surface area contributed by atoms with E-state index in [0.29, 0.717) is 12.3 Å². The molecular formula is C15H24N2O6S. The van der Waals surface area contributed by atoms with Gasteiger partial charge in [0.1, 0.15) is 0 Å². The minimum absolute atomic E-state index is 0.118. The van der Waals surface area contributed by atoms with Crippen molar-refractivity contribution >= 4 is 21.7 Å². The van der Waals surface area contributed by atoms with E-state index in [-0.39, 0.29) is 23.1 Å². The number of sulfonamides is 1. The molecule has 1 aromatic carbocycles. The molecule has 0 amide bonds. The highest BCUT2D eigenvalue weighted by Gasteiger charge is 2.21. The number of nitrogens with one attached hydrogen (secondary N) is 2. The fourth-order valence-electron chi connectivity index (χ4n) is 2.17. The standard InChI is InChI=1S/C15H24N2O6S/c1-10(8-22-3)16-14-6-5-12(7-13(14)15(18)19)24(20,21)17-11(2)9-23-4/h5-7,10-11,16-17H,8-9H2,1-4H3,(H,18,19). The van der Waals surface area contributed by atoms with Crippen LogP contribution in [0.2, 0.25) is 0 Å². The lowest BCUT2D eigenvalue weighted by atomic mass is 10.1. The van der Waals surface area contributed by atoms with Crippen LogP contribution in [0.25, 0.3) is 0 Å². The van der Waals surface area contributed by atoms with Gasteiger partial charge in [0, 0.05) is 32.0 Å². The molecule has 3 N–H and O–H groups in total. The lowest BCUT2D eigenvalue weighted by Crippen LogP contribution is -2.35. The quantitative estimate of drug-likeness (QED) is 0.573. The molecule has 0 aliphatic heterocycles. The van der Waals surface area contributed by atoms with E-state index in [1.54, 1.807) is 14.0 Å². The average molecular weight is 360 g/mol. The first-order valence-electron chi connectivity index (χ1n) is 7.35. The monoisotopic (exact) mass is 360 g/mol. The molecule has 0 bridgehead atoms. The summed E-state index contributed by atoms with van der Waals surface area (Å²) >= 11 is 0. The third-order valence-electron chi connectivity index (χ3n) is 3.12. The van der Waals surface area contributed by atoms with Crippen LogP contribution in [0.3, 0.4) is 0 Å². The van der Waals surface area contributed by atoms with Gasteiger partial charge < -0.3 is 19.9 Å². The molecule has 0 aliphatic carbocycles. The van der Waals surface area contributed by atoms with Crippen LogP contribution in [0.5, 0.6) is 0 Å². The van der Waals surface area contributed by atoms with Gasteiger partial charge in [-0.1, -0.05) is 0 Å². The summed E-state index contributed by atoms with van der Waals surface area (Å²) in [7, 11) is -0.831. The number of ether oxygens (including phenoxy) is 2. The molecule has 1 rings (SSSR count). The van der Waals surface area contributed by atoms with Crippen molar-refractivity contribution in [2.24, 2.45) is 0 Å². The van der Waals surface area contributed by atoms with Gasteiger partial charge in [-0.3, -0.25) is 0 Å². The predicted molar refractivity (Wildman–Crippen MR) is 90.0 cm³/mol. The summed E-state index contributed by atoms with van der Waals surface area (Å²) in [6.45, 7) is 4.07. The maximum absolute atomic E-state index is 12.3. The number of aromatic carboxylic acids is 1. The van der Waals surface area contributed by atoms with Gasteiger partial charge in [-0.05, 0) is 32.0 Å². The van der Waals surface area contributed by atoms with Crippen molar-refractivity contribution in [1.29, 1.82) is 0 Å². The Labute approximate surface area is 142 Å². The van der Waals surface area contributed by atoms with Gasteiger partial charge >= 0.3 is 5.97 Å². The van der Waals surface area contributed by atoms with Crippen molar-refractivity contribution in [3.8, 4) is 0 Å². The first-order valence-corrected chi connectivity index (χ1v) is 8.83. The number of carboxylic acids is 1. The molecule has 0 radical (unpaired) electrons. The van der Waals surface area contributed by atoms with Crippen LogP contribution in [0.1, 0.15) is 24.2 Å². The molecule has 136 valence electrons. The summed E-state index contributed by atoms with van der Waals surface area (Å²) in [5.41, 5.74) is 0.205. The molecular weight excluding hydrogens is 336 g/mol. The Kier molecular flexibility index (Phi) is 7.61. The molecule has 2 unspecified atom stereocenters. The lowest BCUT2D eigenvalue weighted by molar-refractivity contribution is 0.0697. The van der Waals surface area contributed by atoms with Crippen LogP contribution in [0.15, 0.2) is 23.1 Å². The molecule has 8 nitrogen and oxygen atoms in total. The Balaban J connectivity index is 3.11. The minimum atomic E-state index is -3.84.